The van der Waals surface area contributed by atoms with Crippen molar-refractivity contribution in [3.63, 3.8) is 0 Å². The molecule has 0 aliphatic carbocycles. The Morgan fingerprint density at radius 3 is 2.78 bits per heavy atom. The second kappa shape index (κ2) is 6.78. The molecule has 3 amide bonds. The van der Waals surface area contributed by atoms with Crippen molar-refractivity contribution >= 4 is 29.0 Å². The summed E-state index contributed by atoms with van der Waals surface area (Å²) in [6.45, 7) is 0.850. The standard InChI is InChI=1S/C16H16FN3O2S/c17-11-3-5-13(6-4-11)20-10-12(8-15(20)21)19-16(22)18-9-14-2-1-7-23-14/h1-7,12H,8-10H2,(H2,18,19,22)/t12-/m0/s1. The Hall–Kier alpha value is -2.41. The Kier molecular flexibility index (Phi) is 4.57. The maximum atomic E-state index is 13.0. The van der Waals surface area contributed by atoms with E-state index in [4.69, 9.17) is 0 Å². The summed E-state index contributed by atoms with van der Waals surface area (Å²) in [4.78, 5) is 26.6. The first-order valence-electron chi connectivity index (χ1n) is 7.24. The molecule has 3 rings (SSSR count). The average Bonchev–Trinajstić information content (AvgIpc) is 3.16. The van der Waals surface area contributed by atoms with Crippen molar-refractivity contribution < 1.29 is 14.0 Å². The minimum Gasteiger partial charge on any atom is -0.333 e. The fourth-order valence-corrected chi connectivity index (χ4v) is 3.14. The number of rotatable bonds is 4. The summed E-state index contributed by atoms with van der Waals surface area (Å²) in [5.41, 5.74) is 0.639. The number of halogens is 1. The predicted molar refractivity (Wildman–Crippen MR) is 86.8 cm³/mol. The number of anilines is 1. The third kappa shape index (κ3) is 3.87. The van der Waals surface area contributed by atoms with Gasteiger partial charge in [-0.3, -0.25) is 4.79 Å². The lowest BCUT2D eigenvalue weighted by molar-refractivity contribution is -0.117. The molecule has 1 aromatic carbocycles. The van der Waals surface area contributed by atoms with E-state index in [-0.39, 0.29) is 30.2 Å². The summed E-state index contributed by atoms with van der Waals surface area (Å²) in [6, 6.07) is 9.08. The van der Waals surface area contributed by atoms with E-state index >= 15 is 0 Å². The van der Waals surface area contributed by atoms with Crippen LogP contribution in [0.3, 0.4) is 0 Å². The van der Waals surface area contributed by atoms with Crippen LogP contribution in [-0.2, 0) is 11.3 Å². The van der Waals surface area contributed by atoms with E-state index in [9.17, 15) is 14.0 Å². The van der Waals surface area contributed by atoms with Crippen molar-refractivity contribution in [1.29, 1.82) is 0 Å². The van der Waals surface area contributed by atoms with Gasteiger partial charge in [0.25, 0.3) is 0 Å². The maximum Gasteiger partial charge on any atom is 0.315 e. The Morgan fingerprint density at radius 2 is 2.09 bits per heavy atom. The molecule has 7 heteroatoms. The molecule has 0 spiro atoms. The lowest BCUT2D eigenvalue weighted by atomic mass is 10.2. The quantitative estimate of drug-likeness (QED) is 0.903. The van der Waals surface area contributed by atoms with Crippen LogP contribution in [0.15, 0.2) is 41.8 Å². The second-order valence-electron chi connectivity index (χ2n) is 5.29. The smallest absolute Gasteiger partial charge is 0.315 e. The Balaban J connectivity index is 1.53. The molecule has 1 fully saturated rings. The van der Waals surface area contributed by atoms with Crippen LogP contribution in [0.1, 0.15) is 11.3 Å². The van der Waals surface area contributed by atoms with Gasteiger partial charge in [-0.15, -0.1) is 11.3 Å². The first-order valence-corrected chi connectivity index (χ1v) is 8.12. The van der Waals surface area contributed by atoms with Crippen LogP contribution in [0.2, 0.25) is 0 Å². The highest BCUT2D eigenvalue weighted by Crippen LogP contribution is 2.21. The number of benzene rings is 1. The molecule has 1 aliphatic heterocycles. The first kappa shape index (κ1) is 15.5. The summed E-state index contributed by atoms with van der Waals surface area (Å²) < 4.78 is 13.0. The van der Waals surface area contributed by atoms with Gasteiger partial charge < -0.3 is 15.5 Å². The van der Waals surface area contributed by atoms with Gasteiger partial charge in [-0.25, -0.2) is 9.18 Å². The van der Waals surface area contributed by atoms with Gasteiger partial charge in [0.2, 0.25) is 5.91 Å². The number of urea groups is 1. The highest BCUT2D eigenvalue weighted by molar-refractivity contribution is 7.09. The summed E-state index contributed by atoms with van der Waals surface area (Å²) in [6.07, 6.45) is 0.240. The summed E-state index contributed by atoms with van der Waals surface area (Å²) in [5.74, 6) is -0.428. The number of hydrogen-bond acceptors (Lipinski definition) is 3. The SMILES string of the molecule is O=C(NCc1cccs1)N[C@H]1CC(=O)N(c2ccc(F)cc2)C1. The molecule has 2 aromatic rings. The van der Waals surface area contributed by atoms with Gasteiger partial charge in [-0.2, -0.15) is 0 Å². The molecular weight excluding hydrogens is 317 g/mol. The minimum absolute atomic E-state index is 0.0832. The van der Waals surface area contributed by atoms with Crippen LogP contribution in [0.5, 0.6) is 0 Å². The molecule has 1 aliphatic rings. The maximum absolute atomic E-state index is 13.0. The highest BCUT2D eigenvalue weighted by Gasteiger charge is 2.31. The number of thiophene rings is 1. The topological polar surface area (TPSA) is 61.4 Å². The third-order valence-corrected chi connectivity index (χ3v) is 4.48. The molecule has 1 aromatic heterocycles. The third-order valence-electron chi connectivity index (χ3n) is 3.60. The number of hydrogen-bond donors (Lipinski definition) is 2. The normalized spacial score (nSPS) is 17.3. The molecule has 0 unspecified atom stereocenters. The molecule has 0 saturated carbocycles. The fourth-order valence-electron chi connectivity index (χ4n) is 2.49. The summed E-state index contributed by atoms with van der Waals surface area (Å²) >= 11 is 1.57. The van der Waals surface area contributed by atoms with E-state index in [1.807, 2.05) is 17.5 Å². The van der Waals surface area contributed by atoms with Crippen LogP contribution in [0.25, 0.3) is 0 Å². The first-order chi connectivity index (χ1) is 11.1. The number of amides is 3. The van der Waals surface area contributed by atoms with Crippen molar-refractivity contribution in [3.05, 3.63) is 52.5 Å². The minimum atomic E-state index is -0.344. The molecule has 2 heterocycles. The number of carbonyl (C=O) groups is 2. The fraction of sp³-hybridized carbons (Fsp3) is 0.250. The van der Waals surface area contributed by atoms with E-state index in [0.717, 1.165) is 4.88 Å². The molecule has 5 nitrogen and oxygen atoms in total. The van der Waals surface area contributed by atoms with E-state index in [1.165, 1.54) is 12.1 Å². The number of carbonyl (C=O) groups excluding carboxylic acids is 2. The van der Waals surface area contributed by atoms with Crippen LogP contribution < -0.4 is 15.5 Å². The highest BCUT2D eigenvalue weighted by atomic mass is 32.1. The molecular formula is C16H16FN3O2S. The molecule has 1 saturated heterocycles. The largest absolute Gasteiger partial charge is 0.333 e. The molecule has 0 radical (unpaired) electrons. The monoisotopic (exact) mass is 333 g/mol. The van der Waals surface area contributed by atoms with Gasteiger partial charge in [0.1, 0.15) is 5.82 Å². The zero-order valence-corrected chi connectivity index (χ0v) is 13.1. The van der Waals surface area contributed by atoms with Gasteiger partial charge in [0, 0.05) is 23.5 Å². The van der Waals surface area contributed by atoms with Gasteiger partial charge in [-0.05, 0) is 35.7 Å². The number of nitrogens with zero attached hydrogens (tertiary/aromatic N) is 1. The van der Waals surface area contributed by atoms with Crippen LogP contribution in [0.4, 0.5) is 14.9 Å². The van der Waals surface area contributed by atoms with E-state index < -0.39 is 0 Å². The van der Waals surface area contributed by atoms with Crippen LogP contribution >= 0.6 is 11.3 Å². The Bertz CT molecular complexity index is 688. The number of nitrogens with one attached hydrogen (secondary N) is 2. The van der Waals surface area contributed by atoms with Crippen molar-refractivity contribution in [2.75, 3.05) is 11.4 Å². The zero-order chi connectivity index (χ0) is 16.2. The van der Waals surface area contributed by atoms with Crippen molar-refractivity contribution in [1.82, 2.24) is 10.6 Å². The molecule has 0 bridgehead atoms. The average molecular weight is 333 g/mol. The van der Waals surface area contributed by atoms with Gasteiger partial charge in [0.15, 0.2) is 0 Å². The van der Waals surface area contributed by atoms with E-state index in [2.05, 4.69) is 10.6 Å². The summed E-state index contributed by atoms with van der Waals surface area (Å²) in [7, 11) is 0. The predicted octanol–water partition coefficient (Wildman–Crippen LogP) is 2.49. The van der Waals surface area contributed by atoms with Crippen molar-refractivity contribution in [3.8, 4) is 0 Å². The van der Waals surface area contributed by atoms with Crippen LogP contribution in [0, 0.1) is 5.82 Å². The zero-order valence-electron chi connectivity index (χ0n) is 12.3. The van der Waals surface area contributed by atoms with E-state index in [1.54, 1.807) is 28.4 Å². The van der Waals surface area contributed by atoms with Gasteiger partial charge >= 0.3 is 6.03 Å². The molecule has 1 atom stereocenters. The van der Waals surface area contributed by atoms with Crippen molar-refractivity contribution in [2.24, 2.45) is 0 Å². The molecule has 23 heavy (non-hydrogen) atoms. The van der Waals surface area contributed by atoms with Crippen molar-refractivity contribution in [2.45, 2.75) is 19.0 Å². The summed E-state index contributed by atoms with van der Waals surface area (Å²) in [5, 5.41) is 7.52. The van der Waals surface area contributed by atoms with E-state index in [0.29, 0.717) is 18.8 Å². The Morgan fingerprint density at radius 1 is 1.30 bits per heavy atom. The second-order valence-corrected chi connectivity index (χ2v) is 6.32. The lowest BCUT2D eigenvalue weighted by Crippen LogP contribution is -2.43. The van der Waals surface area contributed by atoms with Gasteiger partial charge in [0.05, 0.1) is 12.6 Å². The lowest BCUT2D eigenvalue weighted by Gasteiger charge is -2.17. The Labute approximate surface area is 137 Å². The van der Waals surface area contributed by atoms with Gasteiger partial charge in [-0.1, -0.05) is 6.07 Å². The van der Waals surface area contributed by atoms with Crippen LogP contribution in [-0.4, -0.2) is 24.5 Å². The molecule has 2 N–H and O–H groups in total. The molecule has 120 valence electrons.